The van der Waals surface area contributed by atoms with Crippen LogP contribution in [-0.2, 0) is 10.3 Å². The highest BCUT2D eigenvalue weighted by molar-refractivity contribution is 5.78. The minimum Gasteiger partial charge on any atom is -0.322 e. The molecule has 0 bridgehead atoms. The highest BCUT2D eigenvalue weighted by Crippen LogP contribution is 2.50. The first-order valence-electron chi connectivity index (χ1n) is 10.8. The van der Waals surface area contributed by atoms with E-state index in [9.17, 15) is 14.0 Å². The van der Waals surface area contributed by atoms with Crippen molar-refractivity contribution in [2.24, 2.45) is 5.92 Å². The third kappa shape index (κ3) is 3.67. The van der Waals surface area contributed by atoms with Crippen LogP contribution in [0.1, 0.15) is 50.5 Å². The summed E-state index contributed by atoms with van der Waals surface area (Å²) in [6, 6.07) is 7.08. The quantitative estimate of drug-likeness (QED) is 0.656. The summed E-state index contributed by atoms with van der Waals surface area (Å²) in [6.45, 7) is 2.05. The van der Waals surface area contributed by atoms with Crippen LogP contribution in [0.15, 0.2) is 24.3 Å². The second-order valence-electron chi connectivity index (χ2n) is 9.37. The van der Waals surface area contributed by atoms with E-state index in [1.807, 2.05) is 11.0 Å². The van der Waals surface area contributed by atoms with Crippen LogP contribution in [0.4, 0.5) is 9.18 Å². The molecule has 1 spiro atoms. The van der Waals surface area contributed by atoms with Gasteiger partial charge in [0.15, 0.2) is 0 Å². The molecule has 3 fully saturated rings. The lowest BCUT2D eigenvalue weighted by molar-refractivity contribution is -0.108. The van der Waals surface area contributed by atoms with Gasteiger partial charge >= 0.3 is 6.03 Å². The number of carbonyl (C=O) groups is 2. The van der Waals surface area contributed by atoms with Crippen molar-refractivity contribution in [3.8, 4) is 0 Å². The van der Waals surface area contributed by atoms with Gasteiger partial charge in [0.05, 0.1) is 5.54 Å². The largest absolute Gasteiger partial charge is 0.322 e. The molecule has 0 aromatic heterocycles. The SMILES string of the molecule is CN(C)C1(c2cccc(F)c2)CCC2(CC1)CN(CCC=O)C(=O)N2CC1CC1. The first-order valence-corrected chi connectivity index (χ1v) is 10.8. The summed E-state index contributed by atoms with van der Waals surface area (Å²) in [6.07, 6.45) is 7.28. The van der Waals surface area contributed by atoms with E-state index >= 15 is 0 Å². The third-order valence-electron chi connectivity index (χ3n) is 7.44. The van der Waals surface area contributed by atoms with Crippen molar-refractivity contribution in [1.29, 1.82) is 0 Å². The molecule has 0 atom stereocenters. The van der Waals surface area contributed by atoms with Crippen molar-refractivity contribution in [1.82, 2.24) is 14.7 Å². The van der Waals surface area contributed by atoms with E-state index in [0.717, 1.165) is 44.1 Å². The van der Waals surface area contributed by atoms with Gasteiger partial charge in [-0.1, -0.05) is 12.1 Å². The average molecular weight is 402 g/mol. The molecule has 5 nitrogen and oxygen atoms in total. The molecule has 2 saturated carbocycles. The van der Waals surface area contributed by atoms with Crippen molar-refractivity contribution in [3.63, 3.8) is 0 Å². The molecule has 0 N–H and O–H groups in total. The molecule has 1 aromatic carbocycles. The minimum absolute atomic E-state index is 0.0989. The van der Waals surface area contributed by atoms with Crippen LogP contribution in [0.25, 0.3) is 0 Å². The highest BCUT2D eigenvalue weighted by atomic mass is 19.1. The fourth-order valence-corrected chi connectivity index (χ4v) is 5.42. The van der Waals surface area contributed by atoms with Gasteiger partial charge < -0.3 is 14.6 Å². The van der Waals surface area contributed by atoms with Crippen molar-refractivity contribution in [2.75, 3.05) is 33.7 Å². The summed E-state index contributed by atoms with van der Waals surface area (Å²) in [5.41, 5.74) is 0.654. The highest BCUT2D eigenvalue weighted by Gasteiger charge is 2.55. The Morgan fingerprint density at radius 2 is 1.93 bits per heavy atom. The molecule has 0 unspecified atom stereocenters. The molecule has 29 heavy (non-hydrogen) atoms. The van der Waals surface area contributed by atoms with Gasteiger partial charge in [-0.3, -0.25) is 4.90 Å². The Hall–Kier alpha value is -1.95. The van der Waals surface area contributed by atoms with Gasteiger partial charge in [-0.2, -0.15) is 0 Å². The van der Waals surface area contributed by atoms with Gasteiger partial charge in [-0.05, 0) is 76.2 Å². The van der Waals surface area contributed by atoms with E-state index in [1.54, 1.807) is 12.1 Å². The lowest BCUT2D eigenvalue weighted by Gasteiger charge is -2.51. The molecule has 158 valence electrons. The zero-order valence-electron chi connectivity index (χ0n) is 17.6. The van der Waals surface area contributed by atoms with Crippen molar-refractivity contribution < 1.29 is 14.0 Å². The van der Waals surface area contributed by atoms with E-state index < -0.39 is 0 Å². The van der Waals surface area contributed by atoms with Gasteiger partial charge in [0.1, 0.15) is 12.1 Å². The van der Waals surface area contributed by atoms with Crippen LogP contribution in [0.3, 0.4) is 0 Å². The molecule has 1 aromatic rings. The monoisotopic (exact) mass is 401 g/mol. The topological polar surface area (TPSA) is 43.9 Å². The first kappa shape index (κ1) is 20.3. The molecule has 2 aliphatic carbocycles. The molecule has 4 rings (SSSR count). The van der Waals surface area contributed by atoms with E-state index in [4.69, 9.17) is 0 Å². The Kier molecular flexibility index (Phi) is 5.40. The number of hydrogen-bond donors (Lipinski definition) is 0. The predicted molar refractivity (Wildman–Crippen MR) is 110 cm³/mol. The van der Waals surface area contributed by atoms with E-state index in [-0.39, 0.29) is 22.9 Å². The number of carbonyl (C=O) groups excluding carboxylic acids is 2. The normalized spacial score (nSPS) is 29.9. The Balaban J connectivity index is 1.59. The summed E-state index contributed by atoms with van der Waals surface area (Å²) in [4.78, 5) is 30.2. The Labute approximate surface area is 172 Å². The molecule has 1 aliphatic heterocycles. The number of halogens is 1. The second-order valence-corrected chi connectivity index (χ2v) is 9.37. The number of hydrogen-bond acceptors (Lipinski definition) is 3. The van der Waals surface area contributed by atoms with Crippen molar-refractivity contribution >= 4 is 12.3 Å². The molecular formula is C23H32FN3O2. The zero-order valence-corrected chi connectivity index (χ0v) is 17.6. The molecule has 1 heterocycles. The number of amides is 2. The number of aldehydes is 1. The maximum atomic E-state index is 14.0. The average Bonchev–Trinajstić information content (AvgIpc) is 3.49. The van der Waals surface area contributed by atoms with Crippen LogP contribution in [0.2, 0.25) is 0 Å². The van der Waals surface area contributed by atoms with Gasteiger partial charge in [0.25, 0.3) is 0 Å². The summed E-state index contributed by atoms with van der Waals surface area (Å²) in [5.74, 6) is 0.432. The maximum Gasteiger partial charge on any atom is 0.320 e. The number of urea groups is 1. The Morgan fingerprint density at radius 3 is 2.52 bits per heavy atom. The number of nitrogens with zero attached hydrogens (tertiary/aromatic N) is 3. The number of rotatable bonds is 7. The molecule has 1 saturated heterocycles. The van der Waals surface area contributed by atoms with Crippen molar-refractivity contribution in [3.05, 3.63) is 35.6 Å². The van der Waals surface area contributed by atoms with E-state index in [0.29, 0.717) is 25.4 Å². The van der Waals surface area contributed by atoms with Crippen LogP contribution in [0.5, 0.6) is 0 Å². The van der Waals surface area contributed by atoms with Crippen LogP contribution < -0.4 is 0 Å². The summed E-state index contributed by atoms with van der Waals surface area (Å²) < 4.78 is 14.0. The summed E-state index contributed by atoms with van der Waals surface area (Å²) in [5, 5.41) is 0. The summed E-state index contributed by atoms with van der Waals surface area (Å²) in [7, 11) is 4.14. The van der Waals surface area contributed by atoms with Crippen molar-refractivity contribution in [2.45, 2.75) is 56.0 Å². The third-order valence-corrected chi connectivity index (χ3v) is 7.44. The molecule has 0 radical (unpaired) electrons. The molecule has 3 aliphatic rings. The molecule has 2 amide bonds. The zero-order chi connectivity index (χ0) is 20.6. The first-order chi connectivity index (χ1) is 13.9. The van der Waals surface area contributed by atoms with E-state index in [2.05, 4.69) is 23.9 Å². The van der Waals surface area contributed by atoms with Crippen LogP contribution in [0, 0.1) is 11.7 Å². The van der Waals surface area contributed by atoms with Gasteiger partial charge in [0, 0.05) is 31.6 Å². The Morgan fingerprint density at radius 1 is 1.21 bits per heavy atom. The van der Waals surface area contributed by atoms with Gasteiger partial charge in [-0.25, -0.2) is 9.18 Å². The fourth-order valence-electron chi connectivity index (χ4n) is 5.42. The fraction of sp³-hybridized carbons (Fsp3) is 0.652. The molecule has 6 heteroatoms. The maximum absolute atomic E-state index is 14.0. The van der Waals surface area contributed by atoms with Crippen LogP contribution >= 0.6 is 0 Å². The van der Waals surface area contributed by atoms with Gasteiger partial charge in [0.2, 0.25) is 0 Å². The molecular weight excluding hydrogens is 369 g/mol. The second kappa shape index (κ2) is 7.71. The lowest BCUT2D eigenvalue weighted by atomic mass is 9.68. The predicted octanol–water partition coefficient (Wildman–Crippen LogP) is 3.63. The minimum atomic E-state index is -0.210. The van der Waals surface area contributed by atoms with E-state index in [1.165, 1.54) is 18.9 Å². The lowest BCUT2D eigenvalue weighted by Crippen LogP contribution is -2.55. The summed E-state index contributed by atoms with van der Waals surface area (Å²) >= 11 is 0. The number of benzene rings is 1. The van der Waals surface area contributed by atoms with Crippen LogP contribution in [-0.4, -0.2) is 66.3 Å². The Bertz CT molecular complexity index is 769. The smallest absolute Gasteiger partial charge is 0.320 e. The van der Waals surface area contributed by atoms with Gasteiger partial charge in [-0.15, -0.1) is 0 Å². The standard InChI is InChI=1S/C23H32FN3O2/c1-25(2)23(19-5-3-6-20(24)15-19)11-9-22(10-12-23)17-26(13-4-14-28)21(29)27(22)16-18-7-8-18/h3,5-6,14-15,18H,4,7-13,16-17H2,1-2H3.